The van der Waals surface area contributed by atoms with E-state index in [0.717, 1.165) is 0 Å². The van der Waals surface area contributed by atoms with Gasteiger partial charge in [-0.2, -0.15) is 0 Å². The SMILES string of the molecule is CCNC(=O)CN1CCN(C(=O)C(N)CC(=O)O)CC1. The highest BCUT2D eigenvalue weighted by molar-refractivity contribution is 5.86. The second kappa shape index (κ2) is 7.81. The third-order valence-electron chi connectivity index (χ3n) is 3.14. The average molecular weight is 286 g/mol. The van der Waals surface area contributed by atoms with Crippen LogP contribution in [0.1, 0.15) is 13.3 Å². The molecule has 0 aromatic carbocycles. The largest absolute Gasteiger partial charge is 0.481 e. The van der Waals surface area contributed by atoms with Gasteiger partial charge in [0.25, 0.3) is 0 Å². The highest BCUT2D eigenvalue weighted by Crippen LogP contribution is 2.04. The minimum atomic E-state index is -1.08. The number of nitrogens with zero attached hydrogens (tertiary/aromatic N) is 2. The minimum Gasteiger partial charge on any atom is -0.481 e. The van der Waals surface area contributed by atoms with Crippen LogP contribution in [0.2, 0.25) is 0 Å². The molecule has 1 unspecified atom stereocenters. The van der Waals surface area contributed by atoms with Gasteiger partial charge in [-0.05, 0) is 6.92 Å². The van der Waals surface area contributed by atoms with Gasteiger partial charge in [0.15, 0.2) is 0 Å². The lowest BCUT2D eigenvalue weighted by Gasteiger charge is -2.35. The van der Waals surface area contributed by atoms with E-state index < -0.39 is 12.0 Å². The first-order valence-electron chi connectivity index (χ1n) is 6.69. The number of carboxylic acids is 1. The van der Waals surface area contributed by atoms with Crippen molar-refractivity contribution in [1.82, 2.24) is 15.1 Å². The van der Waals surface area contributed by atoms with Crippen LogP contribution < -0.4 is 11.1 Å². The molecule has 1 saturated heterocycles. The monoisotopic (exact) mass is 286 g/mol. The van der Waals surface area contributed by atoms with Gasteiger partial charge in [-0.25, -0.2) is 0 Å². The molecule has 0 aromatic heterocycles. The summed E-state index contributed by atoms with van der Waals surface area (Å²) in [5.41, 5.74) is 5.55. The Balaban J connectivity index is 2.36. The fourth-order valence-electron chi connectivity index (χ4n) is 2.09. The fraction of sp³-hybridized carbons (Fsp3) is 0.750. The number of carboxylic acid groups (broad SMARTS) is 1. The Bertz CT molecular complexity index is 366. The zero-order valence-electron chi connectivity index (χ0n) is 11.7. The van der Waals surface area contributed by atoms with Gasteiger partial charge in [-0.3, -0.25) is 19.3 Å². The minimum absolute atomic E-state index is 0.0325. The first-order valence-corrected chi connectivity index (χ1v) is 6.69. The lowest BCUT2D eigenvalue weighted by Crippen LogP contribution is -2.54. The molecule has 0 aromatic rings. The maximum absolute atomic E-state index is 11.9. The van der Waals surface area contributed by atoms with Crippen LogP contribution in [0.5, 0.6) is 0 Å². The zero-order chi connectivity index (χ0) is 15.1. The number of hydrogen-bond donors (Lipinski definition) is 3. The number of carbonyl (C=O) groups excluding carboxylic acids is 2. The summed E-state index contributed by atoms with van der Waals surface area (Å²) in [5, 5.41) is 11.3. The highest BCUT2D eigenvalue weighted by Gasteiger charge is 2.27. The van der Waals surface area contributed by atoms with E-state index in [0.29, 0.717) is 39.3 Å². The molecular formula is C12H22N4O4. The maximum atomic E-state index is 11.9. The van der Waals surface area contributed by atoms with Crippen molar-refractivity contribution < 1.29 is 19.5 Å². The number of nitrogens with two attached hydrogens (primary N) is 1. The number of piperazine rings is 1. The van der Waals surface area contributed by atoms with Crippen molar-refractivity contribution in [3.8, 4) is 0 Å². The molecule has 114 valence electrons. The maximum Gasteiger partial charge on any atom is 0.305 e. The van der Waals surface area contributed by atoms with E-state index in [1.54, 1.807) is 4.90 Å². The van der Waals surface area contributed by atoms with E-state index in [2.05, 4.69) is 5.32 Å². The Morgan fingerprint density at radius 3 is 2.35 bits per heavy atom. The fourth-order valence-corrected chi connectivity index (χ4v) is 2.09. The Morgan fingerprint density at radius 2 is 1.85 bits per heavy atom. The molecule has 4 N–H and O–H groups in total. The molecule has 2 amide bonds. The van der Waals surface area contributed by atoms with Gasteiger partial charge < -0.3 is 21.1 Å². The first-order chi connectivity index (χ1) is 9.43. The van der Waals surface area contributed by atoms with Gasteiger partial charge in [0.1, 0.15) is 0 Å². The van der Waals surface area contributed by atoms with Gasteiger partial charge >= 0.3 is 5.97 Å². The third-order valence-corrected chi connectivity index (χ3v) is 3.14. The lowest BCUT2D eigenvalue weighted by molar-refractivity contribution is -0.142. The Labute approximate surface area is 117 Å². The molecule has 1 atom stereocenters. The quantitative estimate of drug-likeness (QED) is 0.523. The Morgan fingerprint density at radius 1 is 1.25 bits per heavy atom. The summed E-state index contributed by atoms with van der Waals surface area (Å²) in [6.07, 6.45) is -0.363. The van der Waals surface area contributed by atoms with Gasteiger partial charge in [-0.15, -0.1) is 0 Å². The van der Waals surface area contributed by atoms with E-state index in [4.69, 9.17) is 10.8 Å². The van der Waals surface area contributed by atoms with Gasteiger partial charge in [0.05, 0.1) is 19.0 Å². The third kappa shape index (κ3) is 5.14. The van der Waals surface area contributed by atoms with Crippen molar-refractivity contribution >= 4 is 17.8 Å². The van der Waals surface area contributed by atoms with Crippen LogP contribution in [0, 0.1) is 0 Å². The molecule has 1 aliphatic heterocycles. The molecule has 0 bridgehead atoms. The molecule has 8 nitrogen and oxygen atoms in total. The molecule has 1 rings (SSSR count). The Kier molecular flexibility index (Phi) is 6.40. The summed E-state index contributed by atoms with van der Waals surface area (Å²) < 4.78 is 0. The first kappa shape index (κ1) is 16.4. The molecule has 1 fully saturated rings. The molecule has 20 heavy (non-hydrogen) atoms. The average Bonchev–Trinajstić information content (AvgIpc) is 2.38. The molecule has 8 heteroatoms. The summed E-state index contributed by atoms with van der Waals surface area (Å²) in [4.78, 5) is 37.4. The van der Waals surface area contributed by atoms with Crippen LogP contribution in [-0.4, -0.2) is 78.0 Å². The summed E-state index contributed by atoms with van der Waals surface area (Å²) in [6, 6.07) is -0.998. The van der Waals surface area contributed by atoms with Crippen LogP contribution in [0.25, 0.3) is 0 Å². The van der Waals surface area contributed by atoms with E-state index in [1.807, 2.05) is 11.8 Å². The van der Waals surface area contributed by atoms with Crippen LogP contribution in [0.15, 0.2) is 0 Å². The molecule has 0 radical (unpaired) electrons. The van der Waals surface area contributed by atoms with E-state index in [-0.39, 0.29) is 18.2 Å². The number of nitrogens with one attached hydrogen (secondary N) is 1. The van der Waals surface area contributed by atoms with Crippen molar-refractivity contribution in [2.75, 3.05) is 39.3 Å². The summed E-state index contributed by atoms with van der Waals surface area (Å²) in [6.45, 7) is 4.87. The van der Waals surface area contributed by atoms with E-state index in [1.165, 1.54) is 0 Å². The van der Waals surface area contributed by atoms with Crippen LogP contribution in [0.4, 0.5) is 0 Å². The molecule has 0 aliphatic carbocycles. The summed E-state index contributed by atoms with van der Waals surface area (Å²) >= 11 is 0. The van der Waals surface area contributed by atoms with Gasteiger partial charge in [0, 0.05) is 32.7 Å². The van der Waals surface area contributed by atoms with Crippen molar-refractivity contribution in [3.63, 3.8) is 0 Å². The molecular weight excluding hydrogens is 264 g/mol. The molecule has 0 spiro atoms. The molecule has 1 heterocycles. The predicted molar refractivity (Wildman–Crippen MR) is 71.9 cm³/mol. The number of carbonyl (C=O) groups is 3. The number of hydrogen-bond acceptors (Lipinski definition) is 5. The highest BCUT2D eigenvalue weighted by atomic mass is 16.4. The van der Waals surface area contributed by atoms with Crippen molar-refractivity contribution in [2.24, 2.45) is 5.73 Å². The normalized spacial score (nSPS) is 17.6. The second-order valence-electron chi connectivity index (χ2n) is 4.76. The second-order valence-corrected chi connectivity index (χ2v) is 4.76. The van der Waals surface area contributed by atoms with Crippen molar-refractivity contribution in [2.45, 2.75) is 19.4 Å². The summed E-state index contributed by atoms with van der Waals surface area (Å²) in [5.74, 6) is -1.46. The van der Waals surface area contributed by atoms with Crippen LogP contribution >= 0.6 is 0 Å². The topological polar surface area (TPSA) is 116 Å². The zero-order valence-corrected chi connectivity index (χ0v) is 11.7. The standard InChI is InChI=1S/C12H22N4O4/c1-2-14-10(17)8-15-3-5-16(6-4-15)12(20)9(13)7-11(18)19/h9H,2-8,13H2,1H3,(H,14,17)(H,18,19). The van der Waals surface area contributed by atoms with Gasteiger partial charge in [-0.1, -0.05) is 0 Å². The molecule has 1 aliphatic rings. The van der Waals surface area contributed by atoms with Crippen molar-refractivity contribution in [1.29, 1.82) is 0 Å². The van der Waals surface area contributed by atoms with Crippen molar-refractivity contribution in [3.05, 3.63) is 0 Å². The number of rotatable bonds is 6. The van der Waals surface area contributed by atoms with Gasteiger partial charge in [0.2, 0.25) is 11.8 Å². The van der Waals surface area contributed by atoms with Crippen LogP contribution in [0.3, 0.4) is 0 Å². The van der Waals surface area contributed by atoms with E-state index in [9.17, 15) is 14.4 Å². The lowest BCUT2D eigenvalue weighted by atomic mass is 10.1. The Hall–Kier alpha value is -1.67. The predicted octanol–water partition coefficient (Wildman–Crippen LogP) is -1.93. The number of aliphatic carboxylic acids is 1. The van der Waals surface area contributed by atoms with Crippen LogP contribution in [-0.2, 0) is 14.4 Å². The van der Waals surface area contributed by atoms with E-state index >= 15 is 0 Å². The number of likely N-dealkylation sites (N-methyl/N-ethyl adjacent to an activating group) is 1. The summed E-state index contributed by atoms with van der Waals surface area (Å²) in [7, 11) is 0. The molecule has 0 saturated carbocycles. The smallest absolute Gasteiger partial charge is 0.305 e. The number of amides is 2.